The molecule has 132 valence electrons. The van der Waals surface area contributed by atoms with Gasteiger partial charge in [-0.1, -0.05) is 60.7 Å². The van der Waals surface area contributed by atoms with Crippen LogP contribution in [-0.2, 0) is 0 Å². The first-order chi connectivity index (χ1) is 12.2. The molecule has 5 nitrogen and oxygen atoms in total. The number of carbonyl (C=O) groups is 2. The molecule has 0 atom stereocenters. The third-order valence-corrected chi connectivity index (χ3v) is 3.69. The van der Waals surface area contributed by atoms with Gasteiger partial charge in [0.05, 0.1) is 11.6 Å². The molecule has 0 saturated heterocycles. The molecule has 0 bridgehead atoms. The zero-order valence-electron chi connectivity index (χ0n) is 13.8. The van der Waals surface area contributed by atoms with Crippen LogP contribution in [0.4, 0.5) is 4.79 Å². The van der Waals surface area contributed by atoms with Crippen molar-refractivity contribution in [3.63, 3.8) is 0 Å². The minimum absolute atomic E-state index is 0. The highest BCUT2D eigenvalue weighted by Crippen LogP contribution is 2.21. The maximum absolute atomic E-state index is 12.3. The molecule has 2 aromatic carbocycles. The summed E-state index contributed by atoms with van der Waals surface area (Å²) >= 11 is 0. The van der Waals surface area contributed by atoms with E-state index in [1.165, 1.54) is 6.20 Å². The molecule has 0 aliphatic heterocycles. The van der Waals surface area contributed by atoms with Crippen molar-refractivity contribution in [2.45, 2.75) is 6.04 Å². The number of benzene rings is 2. The molecule has 0 radical (unpaired) electrons. The summed E-state index contributed by atoms with van der Waals surface area (Å²) in [6, 6.07) is 21.5. The lowest BCUT2D eigenvalue weighted by Crippen LogP contribution is -2.41. The second-order valence-corrected chi connectivity index (χ2v) is 5.42. The van der Waals surface area contributed by atoms with Crippen LogP contribution in [0.25, 0.3) is 0 Å². The van der Waals surface area contributed by atoms with Crippen LogP contribution >= 0.6 is 12.4 Å². The fraction of sp³-hybridized carbons (Fsp3) is 0.0500. The Morgan fingerprint density at radius 2 is 1.38 bits per heavy atom. The van der Waals surface area contributed by atoms with E-state index in [-0.39, 0.29) is 18.4 Å². The minimum Gasteiger partial charge on any atom is -0.327 e. The first-order valence-electron chi connectivity index (χ1n) is 7.86. The lowest BCUT2D eigenvalue weighted by atomic mass is 9.99. The Balaban J connectivity index is 0.00000243. The van der Waals surface area contributed by atoms with Crippen LogP contribution in [0.1, 0.15) is 27.5 Å². The van der Waals surface area contributed by atoms with Crippen LogP contribution in [0.2, 0.25) is 0 Å². The number of imide groups is 1. The molecule has 0 unspecified atom stereocenters. The predicted octanol–water partition coefficient (Wildman–Crippen LogP) is 3.73. The summed E-state index contributed by atoms with van der Waals surface area (Å²) in [7, 11) is 0. The molecule has 1 aromatic heterocycles. The zero-order chi connectivity index (χ0) is 17.5. The number of hydrogen-bond acceptors (Lipinski definition) is 3. The van der Waals surface area contributed by atoms with E-state index in [0.717, 1.165) is 11.1 Å². The number of rotatable bonds is 4. The van der Waals surface area contributed by atoms with E-state index in [1.807, 2.05) is 60.7 Å². The van der Waals surface area contributed by atoms with Gasteiger partial charge in [-0.2, -0.15) is 0 Å². The largest absolute Gasteiger partial charge is 0.327 e. The Morgan fingerprint density at radius 1 is 0.808 bits per heavy atom. The molecule has 2 N–H and O–H groups in total. The molecule has 6 heteroatoms. The Labute approximate surface area is 157 Å². The van der Waals surface area contributed by atoms with Crippen molar-refractivity contribution in [3.8, 4) is 0 Å². The van der Waals surface area contributed by atoms with Gasteiger partial charge in [0.15, 0.2) is 0 Å². The normalized spacial score (nSPS) is 9.88. The molecule has 0 spiro atoms. The lowest BCUT2D eigenvalue weighted by Gasteiger charge is -2.20. The molecule has 3 amide bonds. The van der Waals surface area contributed by atoms with Crippen molar-refractivity contribution in [2.75, 3.05) is 0 Å². The number of urea groups is 1. The van der Waals surface area contributed by atoms with Crippen LogP contribution in [-0.4, -0.2) is 16.9 Å². The second kappa shape index (κ2) is 9.34. The summed E-state index contributed by atoms with van der Waals surface area (Å²) in [6.07, 6.45) is 2.98. The zero-order valence-corrected chi connectivity index (χ0v) is 14.6. The highest BCUT2D eigenvalue weighted by Gasteiger charge is 2.18. The van der Waals surface area contributed by atoms with Crippen molar-refractivity contribution in [3.05, 3.63) is 102 Å². The molecular weight excluding hydrogens is 350 g/mol. The van der Waals surface area contributed by atoms with E-state index >= 15 is 0 Å². The molecule has 0 fully saturated rings. The fourth-order valence-corrected chi connectivity index (χ4v) is 2.49. The van der Waals surface area contributed by atoms with Gasteiger partial charge in [0.2, 0.25) is 0 Å². The summed E-state index contributed by atoms with van der Waals surface area (Å²) in [5, 5.41) is 5.20. The number of aromatic nitrogens is 1. The smallest absolute Gasteiger partial charge is 0.322 e. The maximum Gasteiger partial charge on any atom is 0.322 e. The van der Waals surface area contributed by atoms with Gasteiger partial charge >= 0.3 is 6.03 Å². The van der Waals surface area contributed by atoms with Crippen LogP contribution in [0.15, 0.2) is 85.2 Å². The number of halogens is 1. The van der Waals surface area contributed by atoms with Crippen molar-refractivity contribution < 1.29 is 9.59 Å². The van der Waals surface area contributed by atoms with E-state index in [2.05, 4.69) is 15.6 Å². The Hall–Kier alpha value is -3.18. The molecule has 3 aromatic rings. The Kier molecular flexibility index (Phi) is 6.88. The number of pyridine rings is 1. The van der Waals surface area contributed by atoms with Gasteiger partial charge in [0, 0.05) is 12.4 Å². The average molecular weight is 368 g/mol. The summed E-state index contributed by atoms with van der Waals surface area (Å²) in [6.45, 7) is 0. The van der Waals surface area contributed by atoms with E-state index in [9.17, 15) is 9.59 Å². The highest BCUT2D eigenvalue weighted by molar-refractivity contribution is 6.04. The van der Waals surface area contributed by atoms with Crippen LogP contribution in [0.3, 0.4) is 0 Å². The van der Waals surface area contributed by atoms with Crippen LogP contribution < -0.4 is 10.6 Å². The lowest BCUT2D eigenvalue weighted by molar-refractivity contribution is 0.0963. The second-order valence-electron chi connectivity index (χ2n) is 5.42. The van der Waals surface area contributed by atoms with Gasteiger partial charge in [0.25, 0.3) is 5.91 Å². The average Bonchev–Trinajstić information content (AvgIpc) is 2.68. The number of hydrogen-bond donors (Lipinski definition) is 2. The standard InChI is InChI=1S/C20H17N3O2.ClH/c24-19(17-12-7-13-21-14-17)23-20(25)22-18(15-8-3-1-4-9-15)16-10-5-2-6-11-16;/h1-14,18H,(H2,22,23,24,25);1H. The van der Waals surface area contributed by atoms with Gasteiger partial charge in [-0.25, -0.2) is 4.79 Å². The van der Waals surface area contributed by atoms with Crippen molar-refractivity contribution >= 4 is 24.3 Å². The summed E-state index contributed by atoms with van der Waals surface area (Å²) in [5.41, 5.74) is 2.18. The molecule has 0 saturated carbocycles. The maximum atomic E-state index is 12.3. The topological polar surface area (TPSA) is 71.1 Å². The Bertz CT molecular complexity index is 803. The predicted molar refractivity (Wildman–Crippen MR) is 102 cm³/mol. The Morgan fingerprint density at radius 3 is 1.88 bits per heavy atom. The number of amides is 3. The van der Waals surface area contributed by atoms with Gasteiger partial charge in [-0.3, -0.25) is 15.1 Å². The molecule has 0 aliphatic rings. The van der Waals surface area contributed by atoms with E-state index in [1.54, 1.807) is 18.3 Å². The van der Waals surface area contributed by atoms with Gasteiger partial charge in [-0.05, 0) is 23.3 Å². The molecular formula is C20H18ClN3O2. The fourth-order valence-electron chi connectivity index (χ4n) is 2.49. The third-order valence-electron chi connectivity index (χ3n) is 3.69. The van der Waals surface area contributed by atoms with Crippen LogP contribution in [0.5, 0.6) is 0 Å². The highest BCUT2D eigenvalue weighted by atomic mass is 35.5. The monoisotopic (exact) mass is 367 g/mol. The van der Waals surface area contributed by atoms with Crippen molar-refractivity contribution in [2.24, 2.45) is 0 Å². The van der Waals surface area contributed by atoms with Crippen molar-refractivity contribution in [1.82, 2.24) is 15.6 Å². The number of carbonyl (C=O) groups excluding carboxylic acids is 2. The summed E-state index contributed by atoms with van der Waals surface area (Å²) in [4.78, 5) is 28.3. The SMILES string of the molecule is Cl.O=C(NC(=O)c1cccnc1)NC(c1ccccc1)c1ccccc1. The summed E-state index contributed by atoms with van der Waals surface area (Å²) < 4.78 is 0. The van der Waals surface area contributed by atoms with Crippen LogP contribution in [0, 0.1) is 0 Å². The first-order valence-corrected chi connectivity index (χ1v) is 7.86. The van der Waals surface area contributed by atoms with Gasteiger partial charge in [0.1, 0.15) is 0 Å². The minimum atomic E-state index is -0.563. The molecule has 0 aliphatic carbocycles. The van der Waals surface area contributed by atoms with Gasteiger partial charge in [-0.15, -0.1) is 12.4 Å². The molecule has 3 rings (SSSR count). The van der Waals surface area contributed by atoms with E-state index in [4.69, 9.17) is 0 Å². The molecule has 1 heterocycles. The number of nitrogens with one attached hydrogen (secondary N) is 2. The van der Waals surface area contributed by atoms with E-state index < -0.39 is 11.9 Å². The summed E-state index contributed by atoms with van der Waals surface area (Å²) in [5.74, 6) is -0.495. The number of nitrogens with zero attached hydrogens (tertiary/aromatic N) is 1. The van der Waals surface area contributed by atoms with Crippen molar-refractivity contribution in [1.29, 1.82) is 0 Å². The first kappa shape index (κ1) is 19.1. The quantitative estimate of drug-likeness (QED) is 0.738. The van der Waals surface area contributed by atoms with E-state index in [0.29, 0.717) is 5.56 Å². The molecule has 26 heavy (non-hydrogen) atoms. The van der Waals surface area contributed by atoms with Gasteiger partial charge < -0.3 is 5.32 Å². The third kappa shape index (κ3) is 4.91.